The molecule has 26 heavy (non-hydrogen) atoms. The number of thiocarbonyl (C=S) groups is 1. The highest BCUT2D eigenvalue weighted by molar-refractivity contribution is 7.80. The molecule has 0 atom stereocenters. The molecule has 1 N–H and O–H groups in total. The summed E-state index contributed by atoms with van der Waals surface area (Å²) in [5.41, 5.74) is 5.26. The fraction of sp³-hybridized carbons (Fsp3) is 0.350. The van der Waals surface area contributed by atoms with Crippen LogP contribution in [-0.4, -0.2) is 31.3 Å². The first-order chi connectivity index (χ1) is 12.3. The summed E-state index contributed by atoms with van der Waals surface area (Å²) >= 11 is 11.9. The predicted octanol–water partition coefficient (Wildman–Crippen LogP) is 5.11. The smallest absolute Gasteiger partial charge is 0.173 e. The molecule has 4 nitrogen and oxygen atoms in total. The van der Waals surface area contributed by atoms with E-state index in [-0.39, 0.29) is 0 Å². The van der Waals surface area contributed by atoms with E-state index in [4.69, 9.17) is 33.3 Å². The van der Waals surface area contributed by atoms with E-state index in [1.165, 1.54) is 0 Å². The molecule has 0 fully saturated rings. The summed E-state index contributed by atoms with van der Waals surface area (Å²) in [5.74, 6) is 1.43. The molecule has 0 unspecified atom stereocenters. The third-order valence-corrected chi connectivity index (χ3v) is 4.97. The predicted molar refractivity (Wildman–Crippen MR) is 113 cm³/mol. The van der Waals surface area contributed by atoms with Crippen molar-refractivity contribution in [3.05, 3.63) is 51.5 Å². The first-order valence-corrected chi connectivity index (χ1v) is 9.05. The lowest BCUT2D eigenvalue weighted by Crippen LogP contribution is -2.31. The lowest BCUT2D eigenvalue weighted by atomic mass is 10.1. The van der Waals surface area contributed by atoms with Gasteiger partial charge in [-0.15, -0.1) is 0 Å². The van der Waals surface area contributed by atoms with E-state index < -0.39 is 0 Å². The van der Waals surface area contributed by atoms with Crippen LogP contribution < -0.4 is 14.8 Å². The summed E-state index contributed by atoms with van der Waals surface area (Å²) in [6, 6.07) is 7.96. The highest BCUT2D eigenvalue weighted by Gasteiger charge is 2.14. The number of ether oxygens (including phenoxy) is 2. The molecule has 6 heteroatoms. The third kappa shape index (κ3) is 4.59. The van der Waals surface area contributed by atoms with E-state index in [0.717, 1.165) is 33.7 Å². The molecule has 0 aliphatic heterocycles. The molecule has 0 aliphatic carbocycles. The summed E-state index contributed by atoms with van der Waals surface area (Å²) in [6.07, 6.45) is 0. The summed E-state index contributed by atoms with van der Waals surface area (Å²) in [4.78, 5) is 1.97. The maximum atomic E-state index is 6.37. The van der Waals surface area contributed by atoms with E-state index in [0.29, 0.717) is 22.4 Å². The van der Waals surface area contributed by atoms with Gasteiger partial charge < -0.3 is 19.7 Å². The van der Waals surface area contributed by atoms with Gasteiger partial charge in [-0.05, 0) is 73.4 Å². The Bertz CT molecular complexity index is 801. The number of nitrogens with zero attached hydrogens (tertiary/aromatic N) is 1. The summed E-state index contributed by atoms with van der Waals surface area (Å²) < 4.78 is 10.8. The number of aryl methyl sites for hydroxylation is 3. The number of hydrogen-bond donors (Lipinski definition) is 1. The Labute approximate surface area is 166 Å². The Hall–Kier alpha value is -1.98. The van der Waals surface area contributed by atoms with Crippen LogP contribution in [0.3, 0.4) is 0 Å². The van der Waals surface area contributed by atoms with Crippen molar-refractivity contribution in [3.63, 3.8) is 0 Å². The number of halogens is 1. The molecule has 0 bridgehead atoms. The maximum absolute atomic E-state index is 6.37. The van der Waals surface area contributed by atoms with Gasteiger partial charge in [-0.25, -0.2) is 0 Å². The lowest BCUT2D eigenvalue weighted by molar-refractivity contribution is 0.353. The zero-order chi connectivity index (χ0) is 19.4. The molecular weight excluding hydrogens is 368 g/mol. The van der Waals surface area contributed by atoms with Crippen LogP contribution in [0.4, 0.5) is 5.69 Å². The Balaban J connectivity index is 2.17. The number of methoxy groups -OCH3 is 2. The molecule has 0 saturated carbocycles. The molecule has 0 radical (unpaired) electrons. The van der Waals surface area contributed by atoms with Crippen LogP contribution in [-0.2, 0) is 6.54 Å². The first-order valence-electron chi connectivity index (χ1n) is 8.27. The maximum Gasteiger partial charge on any atom is 0.173 e. The van der Waals surface area contributed by atoms with Crippen molar-refractivity contribution >= 4 is 34.6 Å². The standard InChI is InChI=1S/C20H25ClN2O2S/c1-12-7-14(3)19(16(21)8-12)22-20(26)23(4)11-15-10-18(25-6)17(24-5)9-13(15)2/h7-10H,11H2,1-6H3,(H,22,26). The van der Waals surface area contributed by atoms with Crippen molar-refractivity contribution in [2.24, 2.45) is 0 Å². The van der Waals surface area contributed by atoms with Gasteiger partial charge >= 0.3 is 0 Å². The molecule has 2 aromatic carbocycles. The fourth-order valence-corrected chi connectivity index (χ4v) is 3.33. The molecule has 0 spiro atoms. The van der Waals surface area contributed by atoms with Crippen molar-refractivity contribution in [2.75, 3.05) is 26.6 Å². The molecule has 0 aliphatic rings. The van der Waals surface area contributed by atoms with Crippen molar-refractivity contribution in [1.82, 2.24) is 4.90 Å². The zero-order valence-electron chi connectivity index (χ0n) is 16.1. The largest absolute Gasteiger partial charge is 0.493 e. The lowest BCUT2D eigenvalue weighted by Gasteiger charge is -2.24. The van der Waals surface area contributed by atoms with Crippen LogP contribution in [0.25, 0.3) is 0 Å². The second kappa shape index (κ2) is 8.60. The normalized spacial score (nSPS) is 10.4. The molecule has 2 rings (SSSR count). The Morgan fingerprint density at radius 1 is 1.04 bits per heavy atom. The van der Waals surface area contributed by atoms with Crippen LogP contribution in [0, 0.1) is 20.8 Å². The van der Waals surface area contributed by atoms with Gasteiger partial charge in [-0.3, -0.25) is 0 Å². The van der Waals surface area contributed by atoms with Crippen LogP contribution in [0.2, 0.25) is 5.02 Å². The number of hydrogen-bond acceptors (Lipinski definition) is 3. The minimum Gasteiger partial charge on any atom is -0.493 e. The van der Waals surface area contributed by atoms with Crippen molar-refractivity contribution in [1.29, 1.82) is 0 Å². The van der Waals surface area contributed by atoms with Gasteiger partial charge in [-0.2, -0.15) is 0 Å². The molecule has 0 amide bonds. The first kappa shape index (κ1) is 20.3. The number of nitrogens with one attached hydrogen (secondary N) is 1. The van der Waals surface area contributed by atoms with Crippen molar-refractivity contribution in [3.8, 4) is 11.5 Å². The van der Waals surface area contributed by atoms with E-state index in [1.54, 1.807) is 14.2 Å². The molecular formula is C20H25ClN2O2S. The van der Waals surface area contributed by atoms with E-state index in [2.05, 4.69) is 11.4 Å². The average molecular weight is 393 g/mol. The summed E-state index contributed by atoms with van der Waals surface area (Å²) in [6.45, 7) is 6.72. The van der Waals surface area contributed by atoms with Gasteiger partial charge in [0.1, 0.15) is 0 Å². The van der Waals surface area contributed by atoms with Gasteiger partial charge in [0.25, 0.3) is 0 Å². The highest BCUT2D eigenvalue weighted by atomic mass is 35.5. The number of anilines is 1. The third-order valence-electron chi connectivity index (χ3n) is 4.26. The van der Waals surface area contributed by atoms with Gasteiger partial charge in [0.15, 0.2) is 16.6 Å². The number of rotatable bonds is 5. The van der Waals surface area contributed by atoms with Crippen LogP contribution in [0.5, 0.6) is 11.5 Å². The highest BCUT2D eigenvalue weighted by Crippen LogP contribution is 2.31. The second-order valence-corrected chi connectivity index (χ2v) is 7.15. The molecule has 2 aromatic rings. The number of benzene rings is 2. The Kier molecular flexibility index (Phi) is 6.73. The summed E-state index contributed by atoms with van der Waals surface area (Å²) in [7, 11) is 5.22. The second-order valence-electron chi connectivity index (χ2n) is 6.36. The average Bonchev–Trinajstić information content (AvgIpc) is 2.58. The van der Waals surface area contributed by atoms with E-state index in [9.17, 15) is 0 Å². The van der Waals surface area contributed by atoms with Crippen molar-refractivity contribution < 1.29 is 9.47 Å². The Morgan fingerprint density at radius 3 is 2.23 bits per heavy atom. The van der Waals surface area contributed by atoms with Gasteiger partial charge in [0, 0.05) is 13.6 Å². The SMILES string of the molecule is COc1cc(C)c(CN(C)C(=S)Nc2c(C)cc(C)cc2Cl)cc1OC. The van der Waals surface area contributed by atoms with Crippen LogP contribution >= 0.6 is 23.8 Å². The van der Waals surface area contributed by atoms with E-state index >= 15 is 0 Å². The minimum absolute atomic E-state index is 0.605. The van der Waals surface area contributed by atoms with Gasteiger partial charge in [0.2, 0.25) is 0 Å². The molecule has 0 saturated heterocycles. The molecule has 0 aromatic heterocycles. The summed E-state index contributed by atoms with van der Waals surface area (Å²) in [5, 5.41) is 4.54. The van der Waals surface area contributed by atoms with Crippen molar-refractivity contribution in [2.45, 2.75) is 27.3 Å². The Morgan fingerprint density at radius 2 is 1.65 bits per heavy atom. The fourth-order valence-electron chi connectivity index (χ4n) is 2.80. The zero-order valence-corrected chi connectivity index (χ0v) is 17.6. The van der Waals surface area contributed by atoms with E-state index in [1.807, 2.05) is 50.9 Å². The quantitative estimate of drug-likeness (QED) is 0.715. The molecule has 140 valence electrons. The molecule has 0 heterocycles. The van der Waals surface area contributed by atoms with Crippen LogP contribution in [0.15, 0.2) is 24.3 Å². The monoisotopic (exact) mass is 392 g/mol. The topological polar surface area (TPSA) is 33.7 Å². The van der Waals surface area contributed by atoms with Crippen LogP contribution in [0.1, 0.15) is 22.3 Å². The minimum atomic E-state index is 0.605. The van der Waals surface area contributed by atoms with Gasteiger partial charge in [-0.1, -0.05) is 17.7 Å². The van der Waals surface area contributed by atoms with Gasteiger partial charge in [0.05, 0.1) is 24.9 Å².